The van der Waals surface area contributed by atoms with Gasteiger partial charge in [0.15, 0.2) is 0 Å². The predicted octanol–water partition coefficient (Wildman–Crippen LogP) is 2.87. The molecule has 1 aliphatic carbocycles. The zero-order valence-electron chi connectivity index (χ0n) is 12.0. The van der Waals surface area contributed by atoms with Gasteiger partial charge in [0, 0.05) is 12.8 Å². The van der Waals surface area contributed by atoms with Crippen molar-refractivity contribution >= 4 is 11.8 Å². The number of alkyl carbamates (subject to hydrolysis) is 1. The van der Waals surface area contributed by atoms with Crippen LogP contribution in [0.2, 0.25) is 0 Å². The van der Waals surface area contributed by atoms with Crippen LogP contribution in [-0.2, 0) is 4.74 Å². The molecule has 1 aromatic carbocycles. The number of carbonyl (C=O) groups is 1. The fraction of sp³-hybridized carbons (Fsp3) is 0.500. The lowest BCUT2D eigenvalue weighted by molar-refractivity contribution is 0.172. The van der Waals surface area contributed by atoms with E-state index in [2.05, 4.69) is 34.6 Å². The lowest BCUT2D eigenvalue weighted by atomic mass is 9.92. The first-order valence-corrected chi connectivity index (χ1v) is 7.10. The summed E-state index contributed by atoms with van der Waals surface area (Å²) in [5.74, 6) is 0.505. The number of nitrogens with one attached hydrogen (secondary N) is 1. The zero-order valence-corrected chi connectivity index (χ0v) is 12.0. The number of hydrogen-bond donors (Lipinski definition) is 1. The van der Waals surface area contributed by atoms with E-state index in [9.17, 15) is 4.79 Å². The summed E-state index contributed by atoms with van der Waals surface area (Å²) in [6, 6.07) is 8.63. The van der Waals surface area contributed by atoms with Crippen LogP contribution in [0.25, 0.3) is 0 Å². The fourth-order valence-corrected chi connectivity index (χ4v) is 3.27. The second kappa shape index (κ2) is 4.93. The van der Waals surface area contributed by atoms with Crippen LogP contribution in [-0.4, -0.2) is 31.0 Å². The van der Waals surface area contributed by atoms with Crippen molar-refractivity contribution in [2.75, 3.05) is 13.7 Å². The Morgan fingerprint density at radius 2 is 2.15 bits per heavy atom. The van der Waals surface area contributed by atoms with Crippen LogP contribution < -0.4 is 5.32 Å². The van der Waals surface area contributed by atoms with Crippen molar-refractivity contribution in [2.24, 2.45) is 4.99 Å². The maximum absolute atomic E-state index is 11.3. The molecule has 0 radical (unpaired) electrons. The second-order valence-electron chi connectivity index (χ2n) is 5.85. The van der Waals surface area contributed by atoms with Gasteiger partial charge in [0.1, 0.15) is 6.61 Å². The largest absolute Gasteiger partial charge is 0.447 e. The van der Waals surface area contributed by atoms with Crippen LogP contribution in [0.4, 0.5) is 4.79 Å². The van der Waals surface area contributed by atoms with E-state index in [0.717, 1.165) is 25.0 Å². The van der Waals surface area contributed by atoms with Gasteiger partial charge in [-0.25, -0.2) is 4.79 Å². The van der Waals surface area contributed by atoms with Gasteiger partial charge in [0.05, 0.1) is 5.54 Å². The minimum atomic E-state index is -0.268. The monoisotopic (exact) mass is 272 g/mol. The lowest BCUT2D eigenvalue weighted by Gasteiger charge is -2.20. The smallest absolute Gasteiger partial charge is 0.407 e. The zero-order chi connectivity index (χ0) is 14.2. The van der Waals surface area contributed by atoms with E-state index in [0.29, 0.717) is 12.5 Å². The maximum Gasteiger partial charge on any atom is 0.407 e. The molecule has 4 nitrogen and oxygen atoms in total. The molecule has 0 bridgehead atoms. The summed E-state index contributed by atoms with van der Waals surface area (Å²) in [5.41, 5.74) is 3.44. The number of benzene rings is 1. The quantitative estimate of drug-likeness (QED) is 0.842. The first-order chi connectivity index (χ1) is 9.62. The van der Waals surface area contributed by atoms with Crippen LogP contribution in [0.15, 0.2) is 29.3 Å². The number of rotatable bonds is 2. The highest BCUT2D eigenvalue weighted by Gasteiger charge is 2.45. The van der Waals surface area contributed by atoms with Crippen molar-refractivity contribution in [3.05, 3.63) is 35.4 Å². The molecule has 1 heterocycles. The summed E-state index contributed by atoms with van der Waals surface area (Å²) in [5, 5.41) is 2.99. The third-order valence-corrected chi connectivity index (χ3v) is 4.59. The molecule has 1 N–H and O–H groups in total. The Labute approximate surface area is 119 Å². The second-order valence-corrected chi connectivity index (χ2v) is 5.85. The summed E-state index contributed by atoms with van der Waals surface area (Å²) in [6.07, 6.45) is 2.80. The standard InChI is InChI=1S/C16H20N2O2/c1-11(17-2)12-3-5-13(6-4-12)14-7-8-16(9-14)10-20-15(19)18-16/h3-6,14H,7-10H2,1-2H3,(H,18,19)/b17-11+. The molecule has 1 saturated heterocycles. The fourth-order valence-electron chi connectivity index (χ4n) is 3.27. The highest BCUT2D eigenvalue weighted by Crippen LogP contribution is 2.42. The SMILES string of the molecule is C/N=C(\C)c1ccc(C2CCC3(COC(=O)N3)C2)cc1. The number of nitrogens with zero attached hydrogens (tertiary/aromatic N) is 1. The molecule has 2 unspecified atom stereocenters. The van der Waals surface area contributed by atoms with Crippen LogP contribution in [0.1, 0.15) is 43.2 Å². The molecule has 4 heteroatoms. The van der Waals surface area contributed by atoms with Gasteiger partial charge in [-0.15, -0.1) is 0 Å². The van der Waals surface area contributed by atoms with Crippen molar-refractivity contribution < 1.29 is 9.53 Å². The summed E-state index contributed by atoms with van der Waals surface area (Å²) < 4.78 is 5.07. The highest BCUT2D eigenvalue weighted by molar-refractivity contribution is 5.98. The van der Waals surface area contributed by atoms with Gasteiger partial charge in [-0.2, -0.15) is 0 Å². The Kier molecular flexibility index (Phi) is 3.24. The van der Waals surface area contributed by atoms with Crippen molar-refractivity contribution in [3.63, 3.8) is 0 Å². The van der Waals surface area contributed by atoms with Gasteiger partial charge >= 0.3 is 6.09 Å². The van der Waals surface area contributed by atoms with Crippen LogP contribution >= 0.6 is 0 Å². The van der Waals surface area contributed by atoms with Crippen molar-refractivity contribution in [2.45, 2.75) is 37.6 Å². The van der Waals surface area contributed by atoms with Crippen LogP contribution in [0, 0.1) is 0 Å². The summed E-state index contributed by atoms with van der Waals surface area (Å²) in [6.45, 7) is 2.53. The van der Waals surface area contributed by atoms with E-state index >= 15 is 0 Å². The molecule has 1 aliphatic heterocycles. The van der Waals surface area contributed by atoms with E-state index in [-0.39, 0.29) is 11.6 Å². The molecular weight excluding hydrogens is 252 g/mol. The first-order valence-electron chi connectivity index (χ1n) is 7.10. The van der Waals surface area contributed by atoms with E-state index in [4.69, 9.17) is 4.74 Å². The highest BCUT2D eigenvalue weighted by atomic mass is 16.6. The first kappa shape index (κ1) is 13.2. The van der Waals surface area contributed by atoms with Crippen LogP contribution in [0.3, 0.4) is 0 Å². The number of amides is 1. The molecule has 0 aromatic heterocycles. The molecule has 1 spiro atoms. The minimum Gasteiger partial charge on any atom is -0.447 e. The molecule has 2 fully saturated rings. The van der Waals surface area contributed by atoms with Crippen molar-refractivity contribution in [3.8, 4) is 0 Å². The topological polar surface area (TPSA) is 50.7 Å². The van der Waals surface area contributed by atoms with Gasteiger partial charge in [-0.3, -0.25) is 4.99 Å². The molecular formula is C16H20N2O2. The van der Waals surface area contributed by atoms with Gasteiger partial charge in [0.25, 0.3) is 0 Å². The Hall–Kier alpha value is -1.84. The number of aliphatic imine (C=N–C) groups is 1. The van der Waals surface area contributed by atoms with Gasteiger partial charge < -0.3 is 10.1 Å². The van der Waals surface area contributed by atoms with Crippen molar-refractivity contribution in [1.29, 1.82) is 0 Å². The van der Waals surface area contributed by atoms with E-state index in [1.54, 1.807) is 0 Å². The number of carbonyl (C=O) groups excluding carboxylic acids is 1. The molecule has 3 rings (SSSR count). The third kappa shape index (κ3) is 2.30. The Morgan fingerprint density at radius 1 is 1.40 bits per heavy atom. The Morgan fingerprint density at radius 3 is 2.75 bits per heavy atom. The third-order valence-electron chi connectivity index (χ3n) is 4.59. The average Bonchev–Trinajstić information content (AvgIpc) is 3.05. The molecule has 2 aliphatic rings. The molecule has 1 saturated carbocycles. The van der Waals surface area contributed by atoms with E-state index < -0.39 is 0 Å². The lowest BCUT2D eigenvalue weighted by Crippen LogP contribution is -2.40. The average molecular weight is 272 g/mol. The van der Waals surface area contributed by atoms with Gasteiger partial charge in [0.2, 0.25) is 0 Å². The summed E-state index contributed by atoms with van der Waals surface area (Å²) >= 11 is 0. The molecule has 2 atom stereocenters. The number of hydrogen-bond acceptors (Lipinski definition) is 3. The molecule has 1 aromatic rings. The van der Waals surface area contributed by atoms with Crippen LogP contribution in [0.5, 0.6) is 0 Å². The Balaban J connectivity index is 1.73. The molecule has 106 valence electrons. The van der Waals surface area contributed by atoms with Crippen molar-refractivity contribution in [1.82, 2.24) is 5.32 Å². The molecule has 1 amide bonds. The summed E-state index contributed by atoms with van der Waals surface area (Å²) in [4.78, 5) is 15.5. The van der Waals surface area contributed by atoms with E-state index in [1.807, 2.05) is 14.0 Å². The van der Waals surface area contributed by atoms with Gasteiger partial charge in [-0.05, 0) is 43.2 Å². The normalized spacial score (nSPS) is 29.6. The maximum atomic E-state index is 11.3. The van der Waals surface area contributed by atoms with Gasteiger partial charge in [-0.1, -0.05) is 24.3 Å². The molecule has 20 heavy (non-hydrogen) atoms. The number of ether oxygens (including phenoxy) is 1. The predicted molar refractivity (Wildman–Crippen MR) is 78.4 cm³/mol. The van der Waals surface area contributed by atoms with E-state index in [1.165, 1.54) is 11.1 Å². The Bertz CT molecular complexity index is 550. The minimum absolute atomic E-state index is 0.124. The summed E-state index contributed by atoms with van der Waals surface area (Å²) in [7, 11) is 1.81. The number of cyclic esters (lactones) is 1.